The highest BCUT2D eigenvalue weighted by atomic mass is 32.2. The van der Waals surface area contributed by atoms with E-state index < -0.39 is 10.0 Å². The molecule has 1 N–H and O–H groups in total. The first-order valence-corrected chi connectivity index (χ1v) is 8.03. The fraction of sp³-hybridized carbons (Fsp3) is 0.188. The minimum Gasteiger partial charge on any atom is -0.283 e. The van der Waals surface area contributed by atoms with Crippen molar-refractivity contribution in [2.75, 3.05) is 6.54 Å². The van der Waals surface area contributed by atoms with Crippen molar-refractivity contribution in [2.45, 2.75) is 18.7 Å². The number of benzene rings is 1. The van der Waals surface area contributed by atoms with Gasteiger partial charge in [0.05, 0.1) is 11.4 Å². The summed E-state index contributed by atoms with van der Waals surface area (Å²) < 4.78 is 26.3. The fourth-order valence-corrected chi connectivity index (χ4v) is 3.91. The third kappa shape index (κ3) is 2.56. The van der Waals surface area contributed by atoms with Crippen molar-refractivity contribution in [2.24, 2.45) is 0 Å². The Kier molecular flexibility index (Phi) is 4.14. The largest absolute Gasteiger partial charge is 0.283 e. The van der Waals surface area contributed by atoms with Gasteiger partial charge in [-0.15, -0.1) is 0 Å². The molecule has 1 heterocycles. The zero-order valence-corrected chi connectivity index (χ0v) is 12.9. The van der Waals surface area contributed by atoms with Crippen LogP contribution in [0.2, 0.25) is 0 Å². The van der Waals surface area contributed by atoms with E-state index in [2.05, 4.69) is 6.58 Å². The molecule has 1 aromatic carbocycles. The number of hydrogen-bond donors (Lipinski definition) is 1. The van der Waals surface area contributed by atoms with Crippen molar-refractivity contribution >= 4 is 15.9 Å². The van der Waals surface area contributed by atoms with E-state index in [1.165, 1.54) is 0 Å². The standard InChI is InChI=1S/C16H18N2O2S/c1-4-6-9-13(5-2)11-18-16(17)15-12(3)8-7-10-14(15)21(18,19)20/h4-10,17H,2,11H2,1,3H3/b6-4-,13-9+,17-16?. The summed E-state index contributed by atoms with van der Waals surface area (Å²) in [6.45, 7) is 7.51. The SMILES string of the molecule is C=C/C(=C\C=C/C)CN1C(=N)c2c(C)cccc2S1(=O)=O. The van der Waals surface area contributed by atoms with E-state index in [9.17, 15) is 8.42 Å². The molecule has 5 heteroatoms. The number of hydrogen-bond acceptors (Lipinski definition) is 3. The van der Waals surface area contributed by atoms with E-state index in [-0.39, 0.29) is 17.3 Å². The summed E-state index contributed by atoms with van der Waals surface area (Å²) in [5.41, 5.74) is 2.03. The summed E-state index contributed by atoms with van der Waals surface area (Å²) in [5.74, 6) is 0.0244. The third-order valence-corrected chi connectivity index (χ3v) is 5.17. The van der Waals surface area contributed by atoms with Crippen molar-refractivity contribution in [3.05, 3.63) is 65.8 Å². The molecule has 0 fully saturated rings. The summed E-state index contributed by atoms with van der Waals surface area (Å²) in [5, 5.41) is 8.20. The predicted molar refractivity (Wildman–Crippen MR) is 85.0 cm³/mol. The van der Waals surface area contributed by atoms with Gasteiger partial charge < -0.3 is 0 Å². The highest BCUT2D eigenvalue weighted by Gasteiger charge is 2.39. The molecule has 0 aromatic heterocycles. The van der Waals surface area contributed by atoms with Gasteiger partial charge in [0.2, 0.25) is 0 Å². The van der Waals surface area contributed by atoms with E-state index in [1.54, 1.807) is 24.3 Å². The number of rotatable bonds is 4. The van der Waals surface area contributed by atoms with Crippen LogP contribution in [-0.4, -0.2) is 25.1 Å². The van der Waals surface area contributed by atoms with Gasteiger partial charge in [-0.1, -0.05) is 43.0 Å². The van der Waals surface area contributed by atoms with E-state index in [1.807, 2.05) is 32.1 Å². The summed E-state index contributed by atoms with van der Waals surface area (Å²) in [6.07, 6.45) is 7.08. The number of nitrogens with one attached hydrogen (secondary N) is 1. The van der Waals surface area contributed by atoms with Crippen LogP contribution in [0.1, 0.15) is 18.1 Å². The molecule has 0 amide bonds. The number of nitrogens with zero attached hydrogens (tertiary/aromatic N) is 1. The Bertz CT molecular complexity index is 758. The molecule has 0 saturated heterocycles. The zero-order valence-electron chi connectivity index (χ0n) is 12.1. The van der Waals surface area contributed by atoms with Crippen molar-refractivity contribution in [1.82, 2.24) is 4.31 Å². The summed E-state index contributed by atoms with van der Waals surface area (Å²) in [7, 11) is -3.65. The molecule has 0 bridgehead atoms. The number of allylic oxidation sites excluding steroid dienone is 3. The Morgan fingerprint density at radius 3 is 2.71 bits per heavy atom. The van der Waals surface area contributed by atoms with Crippen LogP contribution >= 0.6 is 0 Å². The average molecular weight is 302 g/mol. The van der Waals surface area contributed by atoms with Gasteiger partial charge in [0, 0.05) is 5.56 Å². The van der Waals surface area contributed by atoms with Gasteiger partial charge in [-0.25, -0.2) is 12.7 Å². The number of fused-ring (bicyclic) bond motifs is 1. The van der Waals surface area contributed by atoms with Crippen molar-refractivity contribution in [3.8, 4) is 0 Å². The zero-order chi connectivity index (χ0) is 15.6. The second-order valence-electron chi connectivity index (χ2n) is 4.78. The van der Waals surface area contributed by atoms with Gasteiger partial charge in [0.15, 0.2) is 0 Å². The lowest BCUT2D eigenvalue weighted by atomic mass is 10.1. The van der Waals surface area contributed by atoms with Crippen LogP contribution in [0.5, 0.6) is 0 Å². The van der Waals surface area contributed by atoms with Gasteiger partial charge >= 0.3 is 0 Å². The minimum absolute atomic E-state index is 0.0244. The van der Waals surface area contributed by atoms with Crippen LogP contribution in [0.3, 0.4) is 0 Å². The molecule has 0 saturated carbocycles. The maximum atomic E-state index is 12.6. The molecule has 4 nitrogen and oxygen atoms in total. The predicted octanol–water partition coefficient (Wildman–Crippen LogP) is 3.01. The Labute approximate surface area is 125 Å². The second kappa shape index (κ2) is 5.69. The Morgan fingerprint density at radius 1 is 1.43 bits per heavy atom. The van der Waals surface area contributed by atoms with Crippen LogP contribution < -0.4 is 0 Å². The van der Waals surface area contributed by atoms with Crippen LogP contribution in [0.15, 0.2) is 59.6 Å². The Balaban J connectivity index is 2.47. The number of sulfonamides is 1. The van der Waals surface area contributed by atoms with Gasteiger partial charge in [0.1, 0.15) is 5.84 Å². The van der Waals surface area contributed by atoms with Crippen LogP contribution in [0, 0.1) is 12.3 Å². The van der Waals surface area contributed by atoms with Crippen molar-refractivity contribution in [3.63, 3.8) is 0 Å². The molecule has 2 rings (SSSR count). The summed E-state index contributed by atoms with van der Waals surface area (Å²) in [4.78, 5) is 0.210. The van der Waals surface area contributed by atoms with Crippen LogP contribution in [0.4, 0.5) is 0 Å². The van der Waals surface area contributed by atoms with Crippen LogP contribution in [-0.2, 0) is 10.0 Å². The Morgan fingerprint density at radius 2 is 2.14 bits per heavy atom. The maximum Gasteiger partial charge on any atom is 0.266 e. The summed E-state index contributed by atoms with van der Waals surface area (Å²) in [6, 6.07) is 5.07. The first-order valence-electron chi connectivity index (χ1n) is 6.59. The normalized spacial score (nSPS) is 17.3. The molecule has 0 spiro atoms. The molecule has 1 aromatic rings. The molecular formula is C16H18N2O2S. The maximum absolute atomic E-state index is 12.6. The molecule has 0 aliphatic carbocycles. The summed E-state index contributed by atoms with van der Waals surface area (Å²) >= 11 is 0. The van der Waals surface area contributed by atoms with E-state index in [0.29, 0.717) is 5.56 Å². The first-order chi connectivity index (χ1) is 9.93. The lowest BCUT2D eigenvalue weighted by molar-refractivity contribution is 0.544. The van der Waals surface area contributed by atoms with Crippen LogP contribution in [0.25, 0.3) is 0 Å². The quantitative estimate of drug-likeness (QED) is 0.869. The molecule has 21 heavy (non-hydrogen) atoms. The van der Waals surface area contributed by atoms with Crippen molar-refractivity contribution < 1.29 is 8.42 Å². The van der Waals surface area contributed by atoms with E-state index >= 15 is 0 Å². The molecule has 110 valence electrons. The van der Waals surface area contributed by atoms with E-state index in [0.717, 1.165) is 15.4 Å². The lowest BCUT2D eigenvalue weighted by Gasteiger charge is -2.17. The van der Waals surface area contributed by atoms with Gasteiger partial charge in [-0.3, -0.25) is 5.41 Å². The minimum atomic E-state index is -3.65. The first kappa shape index (κ1) is 15.3. The van der Waals surface area contributed by atoms with E-state index in [4.69, 9.17) is 5.41 Å². The monoisotopic (exact) mass is 302 g/mol. The molecular weight excluding hydrogens is 284 g/mol. The molecule has 1 aliphatic heterocycles. The lowest BCUT2D eigenvalue weighted by Crippen LogP contribution is -2.31. The van der Waals surface area contributed by atoms with Gasteiger partial charge in [0.25, 0.3) is 10.0 Å². The molecule has 0 unspecified atom stereocenters. The van der Waals surface area contributed by atoms with Crippen molar-refractivity contribution in [1.29, 1.82) is 5.41 Å². The van der Waals surface area contributed by atoms with Gasteiger partial charge in [-0.2, -0.15) is 0 Å². The fourth-order valence-electron chi connectivity index (χ4n) is 2.26. The smallest absolute Gasteiger partial charge is 0.266 e. The highest BCUT2D eigenvalue weighted by molar-refractivity contribution is 7.90. The highest BCUT2D eigenvalue weighted by Crippen LogP contribution is 2.32. The molecule has 1 aliphatic rings. The topological polar surface area (TPSA) is 61.2 Å². The average Bonchev–Trinajstić information content (AvgIpc) is 2.64. The second-order valence-corrected chi connectivity index (χ2v) is 6.61. The third-order valence-electron chi connectivity index (χ3n) is 3.38. The number of amidine groups is 1. The Hall–Kier alpha value is -2.14. The molecule has 0 radical (unpaired) electrons. The van der Waals surface area contributed by atoms with Gasteiger partial charge in [-0.05, 0) is 31.1 Å². The number of aryl methyl sites for hydroxylation is 1. The molecule has 0 atom stereocenters.